The molecular weight excluding hydrogens is 409 g/mol. The summed E-state index contributed by atoms with van der Waals surface area (Å²) in [4.78, 5) is 13.1. The highest BCUT2D eigenvalue weighted by Crippen LogP contribution is 2.30. The van der Waals surface area contributed by atoms with Crippen molar-refractivity contribution < 1.29 is 9.53 Å². The van der Waals surface area contributed by atoms with Crippen LogP contribution in [0.3, 0.4) is 0 Å². The van der Waals surface area contributed by atoms with Crippen LogP contribution in [0.15, 0.2) is 30.3 Å². The number of benzene rings is 1. The molecule has 1 unspecified atom stereocenters. The minimum Gasteiger partial charge on any atom is -0.384 e. The molecule has 1 aliphatic rings. The number of nitrogens with one attached hydrogen (secondary N) is 3. The lowest BCUT2D eigenvalue weighted by molar-refractivity contribution is -0.136. The van der Waals surface area contributed by atoms with E-state index in [1.807, 2.05) is 6.07 Å². The summed E-state index contributed by atoms with van der Waals surface area (Å²) in [6.45, 7) is 9.43. The lowest BCUT2D eigenvalue weighted by Gasteiger charge is -2.39. The van der Waals surface area contributed by atoms with Crippen LogP contribution in [0.2, 0.25) is 0 Å². The number of piperidine rings is 1. The molecule has 1 heterocycles. The van der Waals surface area contributed by atoms with Gasteiger partial charge in [0.15, 0.2) is 0 Å². The number of carbonyl (C=O) groups is 1. The van der Waals surface area contributed by atoms with Gasteiger partial charge in [-0.25, -0.2) is 0 Å². The topological polar surface area (TPSA) is 62.4 Å². The fourth-order valence-electron chi connectivity index (χ4n) is 4.10. The minimum atomic E-state index is -0.404. The van der Waals surface area contributed by atoms with Crippen molar-refractivity contribution in [1.29, 1.82) is 0 Å². The molecule has 1 atom stereocenters. The molecule has 29 heavy (non-hydrogen) atoms. The van der Waals surface area contributed by atoms with Crippen LogP contribution in [-0.4, -0.2) is 44.8 Å². The molecule has 1 saturated heterocycles. The third kappa shape index (κ3) is 7.41. The molecule has 0 saturated carbocycles. The molecule has 1 aromatic carbocycles. The molecule has 1 amide bonds. The van der Waals surface area contributed by atoms with E-state index in [1.165, 1.54) is 5.56 Å². The summed E-state index contributed by atoms with van der Waals surface area (Å²) in [7, 11) is 1.68. The number of halogens is 2. The van der Waals surface area contributed by atoms with Gasteiger partial charge in [-0.15, -0.1) is 24.8 Å². The minimum absolute atomic E-state index is 0. The molecule has 1 aromatic rings. The predicted octanol–water partition coefficient (Wildman–Crippen LogP) is 3.87. The van der Waals surface area contributed by atoms with Crippen molar-refractivity contribution >= 4 is 30.7 Å². The van der Waals surface area contributed by atoms with Gasteiger partial charge in [-0.3, -0.25) is 4.79 Å². The Morgan fingerprint density at radius 1 is 1.17 bits per heavy atom. The fourth-order valence-corrected chi connectivity index (χ4v) is 4.10. The van der Waals surface area contributed by atoms with E-state index in [-0.39, 0.29) is 42.3 Å². The summed E-state index contributed by atoms with van der Waals surface area (Å²) in [6.07, 6.45) is 3.57. The van der Waals surface area contributed by atoms with E-state index in [4.69, 9.17) is 4.74 Å². The highest BCUT2D eigenvalue weighted by atomic mass is 35.5. The van der Waals surface area contributed by atoms with Gasteiger partial charge in [0.1, 0.15) is 0 Å². The van der Waals surface area contributed by atoms with Gasteiger partial charge >= 0.3 is 0 Å². The number of hydrogen-bond acceptors (Lipinski definition) is 4. The Bertz CT molecular complexity index is 571. The zero-order valence-corrected chi connectivity index (χ0v) is 19.9. The molecule has 0 aromatic heterocycles. The van der Waals surface area contributed by atoms with Crippen molar-refractivity contribution in [3.63, 3.8) is 0 Å². The number of carbonyl (C=O) groups excluding carboxylic acids is 1. The lowest BCUT2D eigenvalue weighted by atomic mass is 9.78. The van der Waals surface area contributed by atoms with Crippen molar-refractivity contribution in [2.75, 3.05) is 33.4 Å². The third-order valence-corrected chi connectivity index (χ3v) is 6.23. The quantitative estimate of drug-likeness (QED) is 0.509. The number of methoxy groups -OCH3 is 1. The maximum Gasteiger partial charge on any atom is 0.228 e. The Labute approximate surface area is 188 Å². The van der Waals surface area contributed by atoms with Gasteiger partial charge < -0.3 is 20.7 Å². The zero-order chi connectivity index (χ0) is 19.8. The van der Waals surface area contributed by atoms with Crippen molar-refractivity contribution in [3.05, 3.63) is 35.9 Å². The van der Waals surface area contributed by atoms with Gasteiger partial charge in [0.25, 0.3) is 0 Å². The van der Waals surface area contributed by atoms with E-state index >= 15 is 0 Å². The Morgan fingerprint density at radius 3 is 2.28 bits per heavy atom. The molecule has 3 N–H and O–H groups in total. The van der Waals surface area contributed by atoms with E-state index in [2.05, 4.69) is 61.0 Å². The summed E-state index contributed by atoms with van der Waals surface area (Å²) in [5.41, 5.74) is 0.744. The SMILES string of the molecule is CCC(CC)(CNC(=O)C1(COC)CCNCC1)NC(C)c1ccccc1.Cl.Cl. The van der Waals surface area contributed by atoms with Gasteiger partial charge in [-0.05, 0) is 51.3 Å². The normalized spacial score (nSPS) is 16.8. The fraction of sp³-hybridized carbons (Fsp3) is 0.682. The van der Waals surface area contributed by atoms with Crippen LogP contribution in [0.5, 0.6) is 0 Å². The number of rotatable bonds is 10. The standard InChI is InChI=1S/C22H37N3O2.2ClH/c1-5-22(6-2,25-18(3)19-10-8-7-9-11-19)16-24-20(26)21(17-27-4)12-14-23-15-13-21;;/h7-11,18,23,25H,5-6,12-17H2,1-4H3,(H,24,26);2*1H. The first kappa shape index (κ1) is 28.1. The predicted molar refractivity (Wildman–Crippen MR) is 125 cm³/mol. The van der Waals surface area contributed by atoms with Crippen LogP contribution in [0, 0.1) is 5.41 Å². The molecule has 1 fully saturated rings. The molecule has 0 radical (unpaired) electrons. The summed E-state index contributed by atoms with van der Waals surface area (Å²) in [6, 6.07) is 10.7. The Morgan fingerprint density at radius 2 is 1.76 bits per heavy atom. The van der Waals surface area contributed by atoms with E-state index in [9.17, 15) is 4.79 Å². The van der Waals surface area contributed by atoms with Crippen molar-refractivity contribution in [3.8, 4) is 0 Å². The monoisotopic (exact) mass is 447 g/mol. The molecule has 168 valence electrons. The van der Waals surface area contributed by atoms with Gasteiger partial charge in [-0.2, -0.15) is 0 Å². The maximum atomic E-state index is 13.1. The Kier molecular flexibility index (Phi) is 13.1. The molecule has 0 bridgehead atoms. The first-order valence-corrected chi connectivity index (χ1v) is 10.3. The van der Waals surface area contributed by atoms with Crippen LogP contribution in [0.1, 0.15) is 58.1 Å². The molecule has 2 rings (SSSR count). The largest absolute Gasteiger partial charge is 0.384 e. The number of amides is 1. The first-order chi connectivity index (χ1) is 13.0. The Hall–Kier alpha value is -0.850. The van der Waals surface area contributed by atoms with Gasteiger partial charge in [0.2, 0.25) is 5.91 Å². The van der Waals surface area contributed by atoms with Gasteiger partial charge in [0, 0.05) is 25.2 Å². The molecule has 0 aliphatic carbocycles. The lowest BCUT2D eigenvalue weighted by Crippen LogP contribution is -2.57. The van der Waals surface area contributed by atoms with E-state index in [1.54, 1.807) is 7.11 Å². The van der Waals surface area contributed by atoms with Gasteiger partial charge in [0.05, 0.1) is 12.0 Å². The molecular formula is C22H39Cl2N3O2. The summed E-state index contributed by atoms with van der Waals surface area (Å²) in [5, 5.41) is 10.4. The summed E-state index contributed by atoms with van der Waals surface area (Å²) >= 11 is 0. The van der Waals surface area contributed by atoms with Crippen LogP contribution in [-0.2, 0) is 9.53 Å². The average molecular weight is 448 g/mol. The van der Waals surface area contributed by atoms with Crippen LogP contribution >= 0.6 is 24.8 Å². The second kappa shape index (κ2) is 13.5. The maximum absolute atomic E-state index is 13.1. The molecule has 0 spiro atoms. The number of ether oxygens (including phenoxy) is 1. The molecule has 1 aliphatic heterocycles. The Balaban J connectivity index is 0.00000392. The highest BCUT2D eigenvalue weighted by Gasteiger charge is 2.40. The number of hydrogen-bond donors (Lipinski definition) is 3. The van der Waals surface area contributed by atoms with Crippen molar-refractivity contribution in [2.45, 2.75) is 58.0 Å². The second-order valence-corrected chi connectivity index (χ2v) is 7.91. The highest BCUT2D eigenvalue weighted by molar-refractivity contribution is 5.85. The molecule has 7 heteroatoms. The van der Waals surface area contributed by atoms with Gasteiger partial charge in [-0.1, -0.05) is 44.2 Å². The summed E-state index contributed by atoms with van der Waals surface area (Å²) in [5.74, 6) is 0.131. The third-order valence-electron chi connectivity index (χ3n) is 6.23. The van der Waals surface area contributed by atoms with Crippen LogP contribution in [0.4, 0.5) is 0 Å². The van der Waals surface area contributed by atoms with Crippen molar-refractivity contribution in [2.24, 2.45) is 5.41 Å². The molecule has 5 nitrogen and oxygen atoms in total. The van der Waals surface area contributed by atoms with E-state index < -0.39 is 5.41 Å². The van der Waals surface area contributed by atoms with Crippen molar-refractivity contribution in [1.82, 2.24) is 16.0 Å². The average Bonchev–Trinajstić information content (AvgIpc) is 2.72. The van der Waals surface area contributed by atoms with E-state index in [0.717, 1.165) is 38.8 Å². The smallest absolute Gasteiger partial charge is 0.228 e. The second-order valence-electron chi connectivity index (χ2n) is 7.91. The first-order valence-electron chi connectivity index (χ1n) is 10.3. The van der Waals surface area contributed by atoms with E-state index in [0.29, 0.717) is 13.2 Å². The summed E-state index contributed by atoms with van der Waals surface area (Å²) < 4.78 is 5.41. The van der Waals surface area contributed by atoms with Crippen LogP contribution < -0.4 is 16.0 Å². The zero-order valence-electron chi connectivity index (χ0n) is 18.3. The van der Waals surface area contributed by atoms with Crippen LogP contribution in [0.25, 0.3) is 0 Å².